The molecule has 33 heavy (non-hydrogen) atoms. The second-order valence-electron chi connectivity index (χ2n) is 8.36. The fourth-order valence-electron chi connectivity index (χ4n) is 3.50. The van der Waals surface area contributed by atoms with Gasteiger partial charge in [0.05, 0.1) is 25.2 Å². The Kier molecular flexibility index (Phi) is 6.09. The molecular weight excluding hydrogens is 432 g/mol. The number of aliphatic carboxylic acids is 2. The van der Waals surface area contributed by atoms with Gasteiger partial charge in [0.15, 0.2) is 0 Å². The van der Waals surface area contributed by atoms with Crippen molar-refractivity contribution in [3.8, 4) is 28.4 Å². The number of fused-ring (bicyclic) bond motifs is 1. The van der Waals surface area contributed by atoms with Crippen molar-refractivity contribution in [2.75, 3.05) is 14.2 Å². The molecule has 0 saturated heterocycles. The van der Waals surface area contributed by atoms with Crippen LogP contribution in [-0.4, -0.2) is 42.0 Å². The van der Waals surface area contributed by atoms with E-state index in [1.807, 2.05) is 0 Å². The van der Waals surface area contributed by atoms with Crippen LogP contribution in [-0.2, 0) is 9.59 Å². The average molecular weight is 456 g/mol. The molecule has 9 heteroatoms. The van der Waals surface area contributed by atoms with Crippen molar-refractivity contribution >= 4 is 22.9 Å². The number of rotatable bonds is 7. The third-order valence-corrected chi connectivity index (χ3v) is 5.34. The van der Waals surface area contributed by atoms with E-state index in [-0.39, 0.29) is 16.9 Å². The topological polar surface area (TPSA) is 132 Å². The van der Waals surface area contributed by atoms with E-state index in [0.717, 1.165) is 0 Å². The molecule has 1 aromatic heterocycles. The van der Waals surface area contributed by atoms with Crippen molar-refractivity contribution < 1.29 is 38.4 Å². The van der Waals surface area contributed by atoms with Crippen LogP contribution in [0.25, 0.3) is 22.1 Å². The first kappa shape index (κ1) is 23.6. The quantitative estimate of drug-likeness (QED) is 0.402. The zero-order valence-electron chi connectivity index (χ0n) is 18.8. The normalized spacial score (nSPS) is 11.8. The Balaban J connectivity index is 2.05. The summed E-state index contributed by atoms with van der Waals surface area (Å²) in [6.45, 7) is 4.39. The third-order valence-electron chi connectivity index (χ3n) is 5.34. The summed E-state index contributed by atoms with van der Waals surface area (Å²) in [5.41, 5.74) is -3.40. The van der Waals surface area contributed by atoms with Crippen LogP contribution >= 0.6 is 0 Å². The van der Waals surface area contributed by atoms with E-state index in [4.69, 9.17) is 18.6 Å². The summed E-state index contributed by atoms with van der Waals surface area (Å²) in [5, 5.41) is 19.9. The van der Waals surface area contributed by atoms with Gasteiger partial charge in [-0.05, 0) is 23.8 Å². The molecule has 0 bridgehead atoms. The summed E-state index contributed by atoms with van der Waals surface area (Å²) in [7, 11) is 2.97. The lowest BCUT2D eigenvalue weighted by molar-refractivity contribution is -0.183. The van der Waals surface area contributed by atoms with Crippen LogP contribution < -0.4 is 19.8 Å². The molecule has 0 spiro atoms. The fraction of sp³-hybridized carbons (Fsp3) is 0.292. The number of carboxylic acid groups (broad SMARTS) is 2. The maximum Gasteiger partial charge on any atom is 0.360 e. The predicted octanol–water partition coefficient (Wildman–Crippen LogP) is 3.81. The number of hydrogen-bond donors (Lipinski definition) is 2. The second kappa shape index (κ2) is 8.50. The first-order chi connectivity index (χ1) is 15.4. The molecule has 0 amide bonds. The van der Waals surface area contributed by atoms with E-state index in [0.29, 0.717) is 22.4 Å². The van der Waals surface area contributed by atoms with Crippen molar-refractivity contribution in [3.63, 3.8) is 0 Å². The van der Waals surface area contributed by atoms with E-state index in [9.17, 15) is 24.6 Å². The van der Waals surface area contributed by atoms with Crippen molar-refractivity contribution in [1.29, 1.82) is 0 Å². The summed E-state index contributed by atoms with van der Waals surface area (Å²) >= 11 is 0. The lowest BCUT2D eigenvalue weighted by atomic mass is 9.76. The van der Waals surface area contributed by atoms with Crippen LogP contribution in [0.15, 0.2) is 51.7 Å². The highest BCUT2D eigenvalue weighted by Crippen LogP contribution is 2.37. The first-order valence-electron chi connectivity index (χ1n) is 9.90. The molecule has 0 radical (unpaired) electrons. The molecule has 174 valence electrons. The van der Waals surface area contributed by atoms with Crippen molar-refractivity contribution in [2.45, 2.75) is 26.4 Å². The molecule has 0 atom stereocenters. The van der Waals surface area contributed by atoms with Crippen LogP contribution in [0.5, 0.6) is 17.2 Å². The molecule has 3 rings (SSSR count). The van der Waals surface area contributed by atoms with Crippen molar-refractivity contribution in [2.24, 2.45) is 5.41 Å². The van der Waals surface area contributed by atoms with Gasteiger partial charge in [-0.2, -0.15) is 0 Å². The zero-order valence-corrected chi connectivity index (χ0v) is 18.8. The molecule has 9 nitrogen and oxygen atoms in total. The Labute approximate surface area is 189 Å². The van der Waals surface area contributed by atoms with Crippen LogP contribution in [0.1, 0.15) is 20.8 Å². The Hall–Kier alpha value is -4.01. The maximum absolute atomic E-state index is 12.6. The lowest BCUT2D eigenvalue weighted by Crippen LogP contribution is -2.60. The Bertz CT molecular complexity index is 1250. The van der Waals surface area contributed by atoms with Crippen LogP contribution in [0.2, 0.25) is 0 Å². The van der Waals surface area contributed by atoms with Crippen LogP contribution in [0.3, 0.4) is 0 Å². The van der Waals surface area contributed by atoms with Gasteiger partial charge in [0.1, 0.15) is 22.8 Å². The van der Waals surface area contributed by atoms with E-state index in [1.165, 1.54) is 59.3 Å². The van der Waals surface area contributed by atoms with Crippen LogP contribution in [0.4, 0.5) is 0 Å². The van der Waals surface area contributed by atoms with Gasteiger partial charge >= 0.3 is 23.2 Å². The van der Waals surface area contributed by atoms with Gasteiger partial charge in [0, 0.05) is 17.5 Å². The number of carbonyl (C=O) groups is 2. The van der Waals surface area contributed by atoms with Gasteiger partial charge in [0.2, 0.25) is 0 Å². The molecule has 0 unspecified atom stereocenters. The molecule has 0 fully saturated rings. The number of carboxylic acids is 2. The van der Waals surface area contributed by atoms with Gasteiger partial charge in [-0.15, -0.1) is 0 Å². The largest absolute Gasteiger partial charge is 0.496 e. The van der Waals surface area contributed by atoms with E-state index in [1.54, 1.807) is 18.2 Å². The molecule has 0 aliphatic heterocycles. The second-order valence-corrected chi connectivity index (χ2v) is 8.36. The summed E-state index contributed by atoms with van der Waals surface area (Å²) in [4.78, 5) is 36.4. The van der Waals surface area contributed by atoms with Gasteiger partial charge < -0.3 is 28.8 Å². The molecule has 2 N–H and O–H groups in total. The van der Waals surface area contributed by atoms with Gasteiger partial charge in [-0.25, -0.2) is 14.4 Å². The SMILES string of the molecule is COc1cc(OC)c2cc(-c3ccc(OC(C(=O)O)(C(=O)O)C(C)(C)C)cc3)c(=O)oc2c1. The van der Waals surface area contributed by atoms with Gasteiger partial charge in [-0.3, -0.25) is 0 Å². The highest BCUT2D eigenvalue weighted by Gasteiger charge is 2.59. The maximum atomic E-state index is 12.6. The highest BCUT2D eigenvalue weighted by atomic mass is 16.6. The summed E-state index contributed by atoms with van der Waals surface area (Å²) in [6.07, 6.45) is 0. The minimum absolute atomic E-state index is 0.0194. The van der Waals surface area contributed by atoms with E-state index in [2.05, 4.69) is 0 Å². The lowest BCUT2D eigenvalue weighted by Gasteiger charge is -2.37. The predicted molar refractivity (Wildman–Crippen MR) is 119 cm³/mol. The number of hydrogen-bond acceptors (Lipinski definition) is 7. The number of benzene rings is 2. The average Bonchev–Trinajstić information content (AvgIpc) is 2.75. The van der Waals surface area contributed by atoms with E-state index < -0.39 is 28.6 Å². The fourth-order valence-corrected chi connectivity index (χ4v) is 3.50. The molecule has 0 aliphatic carbocycles. The zero-order chi connectivity index (χ0) is 24.6. The molecule has 1 heterocycles. The van der Waals surface area contributed by atoms with Crippen molar-refractivity contribution in [3.05, 3.63) is 52.9 Å². The summed E-state index contributed by atoms with van der Waals surface area (Å²) in [6, 6.07) is 10.7. The Morgan fingerprint density at radius 2 is 1.48 bits per heavy atom. The third kappa shape index (κ3) is 4.09. The van der Waals surface area contributed by atoms with E-state index >= 15 is 0 Å². The minimum Gasteiger partial charge on any atom is -0.496 e. The Morgan fingerprint density at radius 3 is 1.97 bits per heavy atom. The van der Waals surface area contributed by atoms with Crippen LogP contribution in [0, 0.1) is 5.41 Å². The Morgan fingerprint density at radius 1 is 0.879 bits per heavy atom. The highest BCUT2D eigenvalue weighted by molar-refractivity contribution is 6.03. The number of methoxy groups -OCH3 is 2. The first-order valence-corrected chi connectivity index (χ1v) is 9.90. The monoisotopic (exact) mass is 456 g/mol. The van der Waals surface area contributed by atoms with Gasteiger partial charge in [0.25, 0.3) is 0 Å². The molecule has 0 saturated carbocycles. The van der Waals surface area contributed by atoms with Crippen molar-refractivity contribution in [1.82, 2.24) is 0 Å². The molecule has 0 aliphatic rings. The summed E-state index contributed by atoms with van der Waals surface area (Å²) in [5.74, 6) is -2.30. The summed E-state index contributed by atoms with van der Waals surface area (Å²) < 4.78 is 21.5. The molecule has 2 aromatic carbocycles. The molecule has 3 aromatic rings. The standard InChI is InChI=1S/C24H24O9/c1-23(2,3)24(21(26)27,22(28)29)33-14-8-6-13(7-9-14)16-12-17-18(31-5)10-15(30-4)11-19(17)32-20(16)25/h6-12H,1-5H3,(H,26,27)(H,28,29). The minimum atomic E-state index is -2.51. The number of ether oxygens (including phenoxy) is 3. The van der Waals surface area contributed by atoms with Gasteiger partial charge in [-0.1, -0.05) is 32.9 Å². The smallest absolute Gasteiger partial charge is 0.360 e. The molecular formula is C24H24O9.